The molecular weight excluding hydrogens is 302 g/mol. The van der Waals surface area contributed by atoms with Crippen LogP contribution in [-0.4, -0.2) is 62.2 Å². The van der Waals surface area contributed by atoms with Crippen LogP contribution in [0.5, 0.6) is 0 Å². The van der Waals surface area contributed by atoms with Gasteiger partial charge in [-0.1, -0.05) is 6.42 Å². The van der Waals surface area contributed by atoms with Gasteiger partial charge < -0.3 is 4.90 Å². The van der Waals surface area contributed by atoms with Crippen LogP contribution in [-0.2, 0) is 4.79 Å². The second-order valence-corrected chi connectivity index (χ2v) is 7.57. The van der Waals surface area contributed by atoms with Gasteiger partial charge in [0.15, 0.2) is 0 Å². The molecule has 0 spiro atoms. The minimum absolute atomic E-state index is 0.0658. The molecule has 0 bridgehead atoms. The van der Waals surface area contributed by atoms with E-state index in [0.717, 1.165) is 57.0 Å². The van der Waals surface area contributed by atoms with E-state index in [-0.39, 0.29) is 12.1 Å². The SMILES string of the molecule is Cc1nc(C)n([C@H]2CCCN(C(=O)[C@H]3CCCCN3C(C)C)C2)n1. The van der Waals surface area contributed by atoms with Gasteiger partial charge in [0.05, 0.1) is 12.1 Å². The van der Waals surface area contributed by atoms with Crippen molar-refractivity contribution < 1.29 is 4.79 Å². The molecule has 1 amide bonds. The van der Waals surface area contributed by atoms with Crippen LogP contribution in [0.1, 0.15) is 63.6 Å². The third-order valence-corrected chi connectivity index (χ3v) is 5.45. The van der Waals surface area contributed by atoms with Crippen molar-refractivity contribution in [2.75, 3.05) is 19.6 Å². The number of nitrogens with zero attached hydrogens (tertiary/aromatic N) is 5. The molecule has 1 aromatic heterocycles. The third-order valence-electron chi connectivity index (χ3n) is 5.45. The summed E-state index contributed by atoms with van der Waals surface area (Å²) in [6.45, 7) is 11.0. The number of rotatable bonds is 3. The van der Waals surface area contributed by atoms with E-state index in [0.29, 0.717) is 11.9 Å². The van der Waals surface area contributed by atoms with Crippen molar-refractivity contribution in [3.05, 3.63) is 11.6 Å². The number of likely N-dealkylation sites (tertiary alicyclic amines) is 2. The van der Waals surface area contributed by atoms with Crippen LogP contribution in [0.3, 0.4) is 0 Å². The predicted molar refractivity (Wildman–Crippen MR) is 93.8 cm³/mol. The third kappa shape index (κ3) is 3.48. The first kappa shape index (κ1) is 17.4. The molecule has 0 aliphatic carbocycles. The lowest BCUT2D eigenvalue weighted by molar-refractivity contribution is -0.141. The molecule has 2 atom stereocenters. The highest BCUT2D eigenvalue weighted by Crippen LogP contribution is 2.26. The highest BCUT2D eigenvalue weighted by atomic mass is 16.2. The summed E-state index contributed by atoms with van der Waals surface area (Å²) in [6.07, 6.45) is 5.50. The molecular formula is C18H31N5O. The minimum atomic E-state index is 0.0658. The van der Waals surface area contributed by atoms with Crippen LogP contribution >= 0.6 is 0 Å². The second kappa shape index (κ2) is 7.21. The summed E-state index contributed by atoms with van der Waals surface area (Å²) in [6, 6.07) is 0.760. The monoisotopic (exact) mass is 333 g/mol. The number of carbonyl (C=O) groups excluding carboxylic acids is 1. The zero-order valence-corrected chi connectivity index (χ0v) is 15.5. The first-order valence-electron chi connectivity index (χ1n) is 9.41. The van der Waals surface area contributed by atoms with Crippen LogP contribution in [0.2, 0.25) is 0 Å². The Hall–Kier alpha value is -1.43. The molecule has 134 valence electrons. The second-order valence-electron chi connectivity index (χ2n) is 7.57. The molecule has 0 radical (unpaired) electrons. The summed E-state index contributed by atoms with van der Waals surface area (Å²) in [5.41, 5.74) is 0. The maximum Gasteiger partial charge on any atom is 0.240 e. The standard InChI is InChI=1S/C18H31N5O/c1-13(2)22-11-6-5-9-17(22)18(24)21-10-7-8-16(12-21)23-15(4)19-14(3)20-23/h13,16-17H,5-12H2,1-4H3/t16-,17+/m0/s1. The van der Waals surface area contributed by atoms with E-state index in [1.54, 1.807) is 0 Å². The summed E-state index contributed by atoms with van der Waals surface area (Å²) in [7, 11) is 0. The number of carbonyl (C=O) groups is 1. The molecule has 6 heteroatoms. The minimum Gasteiger partial charge on any atom is -0.339 e. The van der Waals surface area contributed by atoms with Gasteiger partial charge in [0.2, 0.25) is 5.91 Å². The quantitative estimate of drug-likeness (QED) is 0.852. The molecule has 6 nitrogen and oxygen atoms in total. The summed E-state index contributed by atoms with van der Waals surface area (Å²) in [4.78, 5) is 22.1. The molecule has 3 heterocycles. The van der Waals surface area contributed by atoms with Gasteiger partial charge in [0, 0.05) is 19.1 Å². The molecule has 3 rings (SSSR count). The van der Waals surface area contributed by atoms with E-state index in [9.17, 15) is 4.79 Å². The Balaban J connectivity index is 1.71. The van der Waals surface area contributed by atoms with E-state index < -0.39 is 0 Å². The molecule has 0 N–H and O–H groups in total. The first-order valence-corrected chi connectivity index (χ1v) is 9.41. The highest BCUT2D eigenvalue weighted by Gasteiger charge is 2.35. The summed E-state index contributed by atoms with van der Waals surface area (Å²) >= 11 is 0. The van der Waals surface area contributed by atoms with Gasteiger partial charge in [-0.25, -0.2) is 9.67 Å². The molecule has 0 saturated carbocycles. The lowest BCUT2D eigenvalue weighted by Crippen LogP contribution is -2.55. The lowest BCUT2D eigenvalue weighted by atomic mass is 9.97. The van der Waals surface area contributed by atoms with E-state index in [1.807, 2.05) is 18.5 Å². The molecule has 0 aromatic carbocycles. The van der Waals surface area contributed by atoms with Crippen LogP contribution in [0.4, 0.5) is 0 Å². The van der Waals surface area contributed by atoms with Gasteiger partial charge in [-0.3, -0.25) is 9.69 Å². The maximum absolute atomic E-state index is 13.2. The van der Waals surface area contributed by atoms with Gasteiger partial charge in [-0.05, 0) is 59.9 Å². The van der Waals surface area contributed by atoms with Gasteiger partial charge in [-0.15, -0.1) is 0 Å². The van der Waals surface area contributed by atoms with Crippen molar-refractivity contribution in [3.8, 4) is 0 Å². The van der Waals surface area contributed by atoms with Crippen LogP contribution in [0.15, 0.2) is 0 Å². The largest absolute Gasteiger partial charge is 0.339 e. The van der Waals surface area contributed by atoms with Gasteiger partial charge in [0.25, 0.3) is 0 Å². The van der Waals surface area contributed by atoms with E-state index >= 15 is 0 Å². The Morgan fingerprint density at radius 2 is 1.92 bits per heavy atom. The van der Waals surface area contributed by atoms with Gasteiger partial charge in [-0.2, -0.15) is 5.10 Å². The Labute approximate surface area is 145 Å². The first-order chi connectivity index (χ1) is 11.5. The van der Waals surface area contributed by atoms with E-state index in [2.05, 4.69) is 33.7 Å². The molecule has 2 fully saturated rings. The molecule has 2 aliphatic rings. The molecule has 2 aliphatic heterocycles. The molecule has 0 unspecified atom stereocenters. The molecule has 1 aromatic rings. The Morgan fingerprint density at radius 3 is 2.58 bits per heavy atom. The van der Waals surface area contributed by atoms with E-state index in [4.69, 9.17) is 0 Å². The normalized spacial score (nSPS) is 26.1. The van der Waals surface area contributed by atoms with Gasteiger partial charge in [0.1, 0.15) is 11.6 Å². The number of amides is 1. The molecule has 2 saturated heterocycles. The Morgan fingerprint density at radius 1 is 1.12 bits per heavy atom. The van der Waals surface area contributed by atoms with E-state index in [1.165, 1.54) is 6.42 Å². The maximum atomic E-state index is 13.2. The number of piperidine rings is 2. The number of aromatic nitrogens is 3. The predicted octanol–water partition coefficient (Wildman–Crippen LogP) is 2.32. The summed E-state index contributed by atoms with van der Waals surface area (Å²) in [5, 5.41) is 4.54. The van der Waals surface area contributed by atoms with Crippen molar-refractivity contribution in [1.29, 1.82) is 0 Å². The number of aryl methyl sites for hydroxylation is 2. The zero-order valence-electron chi connectivity index (χ0n) is 15.5. The van der Waals surface area contributed by atoms with Crippen molar-refractivity contribution >= 4 is 5.91 Å². The summed E-state index contributed by atoms with van der Waals surface area (Å²) < 4.78 is 2.02. The van der Waals surface area contributed by atoms with Crippen LogP contribution < -0.4 is 0 Å². The number of hydrogen-bond donors (Lipinski definition) is 0. The molecule has 24 heavy (non-hydrogen) atoms. The fraction of sp³-hybridized carbons (Fsp3) is 0.833. The average Bonchev–Trinajstić information content (AvgIpc) is 2.92. The van der Waals surface area contributed by atoms with Gasteiger partial charge >= 0.3 is 0 Å². The van der Waals surface area contributed by atoms with Crippen molar-refractivity contribution in [2.24, 2.45) is 0 Å². The topological polar surface area (TPSA) is 54.3 Å². The fourth-order valence-electron chi connectivity index (χ4n) is 4.28. The lowest BCUT2D eigenvalue weighted by Gasteiger charge is -2.42. The smallest absolute Gasteiger partial charge is 0.240 e. The summed E-state index contributed by atoms with van der Waals surface area (Å²) in [5.74, 6) is 2.09. The Bertz CT molecular complexity index is 582. The highest BCUT2D eigenvalue weighted by molar-refractivity contribution is 5.82. The van der Waals surface area contributed by atoms with Crippen molar-refractivity contribution in [1.82, 2.24) is 24.6 Å². The van der Waals surface area contributed by atoms with Crippen LogP contribution in [0, 0.1) is 13.8 Å². The zero-order chi connectivity index (χ0) is 17.3. The fourth-order valence-corrected chi connectivity index (χ4v) is 4.28. The van der Waals surface area contributed by atoms with Crippen molar-refractivity contribution in [2.45, 2.75) is 77.9 Å². The number of hydrogen-bond acceptors (Lipinski definition) is 4. The Kier molecular flexibility index (Phi) is 5.23. The van der Waals surface area contributed by atoms with Crippen molar-refractivity contribution in [3.63, 3.8) is 0 Å². The van der Waals surface area contributed by atoms with Crippen LogP contribution in [0.25, 0.3) is 0 Å². The average molecular weight is 333 g/mol.